The molecule has 2 bridgehead atoms. The van der Waals surface area contributed by atoms with Crippen LogP contribution < -0.4 is 0 Å². The van der Waals surface area contributed by atoms with Gasteiger partial charge < -0.3 is 0 Å². The Hall–Kier alpha value is -0.260. The predicted molar refractivity (Wildman–Crippen MR) is 64.7 cm³/mol. The summed E-state index contributed by atoms with van der Waals surface area (Å²) in [6.45, 7) is 7.56. The van der Waals surface area contributed by atoms with E-state index >= 15 is 0 Å². The standard InChI is InChI=1S/C15H24/c1-13(2)6-4-5-12-11-14(3)7-9-15(12,13)10-8-14/h5H,4,6-11H2,1-3H3. The van der Waals surface area contributed by atoms with E-state index in [4.69, 9.17) is 0 Å². The van der Waals surface area contributed by atoms with Gasteiger partial charge in [0.2, 0.25) is 0 Å². The lowest BCUT2D eigenvalue weighted by Crippen LogP contribution is -2.51. The van der Waals surface area contributed by atoms with Gasteiger partial charge >= 0.3 is 0 Å². The summed E-state index contributed by atoms with van der Waals surface area (Å²) in [6.07, 6.45) is 12.7. The van der Waals surface area contributed by atoms with Crippen LogP contribution in [0.5, 0.6) is 0 Å². The fourth-order valence-corrected chi connectivity index (χ4v) is 4.63. The number of rotatable bonds is 0. The molecule has 0 amide bonds. The van der Waals surface area contributed by atoms with Crippen molar-refractivity contribution in [3.05, 3.63) is 11.6 Å². The summed E-state index contributed by atoms with van der Waals surface area (Å²) in [5.74, 6) is 0. The Bertz CT molecular complexity index is 311. The van der Waals surface area contributed by atoms with Crippen LogP contribution in [-0.4, -0.2) is 0 Å². The molecular formula is C15H24. The number of fused-ring (bicyclic) bond motifs is 2. The predicted octanol–water partition coefficient (Wildman–Crippen LogP) is 4.70. The van der Waals surface area contributed by atoms with Gasteiger partial charge in [0.25, 0.3) is 0 Å². The molecule has 0 heterocycles. The third-order valence-corrected chi connectivity index (χ3v) is 6.00. The number of hydrogen-bond acceptors (Lipinski definition) is 0. The quantitative estimate of drug-likeness (QED) is 0.502. The van der Waals surface area contributed by atoms with Gasteiger partial charge in [0.1, 0.15) is 0 Å². The van der Waals surface area contributed by atoms with Crippen LogP contribution in [0.25, 0.3) is 0 Å². The van der Waals surface area contributed by atoms with E-state index in [0.717, 1.165) is 0 Å². The first-order valence-electron chi connectivity index (χ1n) is 6.67. The van der Waals surface area contributed by atoms with E-state index in [2.05, 4.69) is 26.8 Å². The molecule has 4 rings (SSSR count). The highest BCUT2D eigenvalue weighted by Gasteiger charge is 2.56. The summed E-state index contributed by atoms with van der Waals surface area (Å²) in [5, 5.41) is 0. The van der Waals surface area contributed by atoms with Crippen LogP contribution in [0.2, 0.25) is 0 Å². The molecule has 0 aromatic rings. The average Bonchev–Trinajstić information content (AvgIpc) is 2.16. The van der Waals surface area contributed by atoms with Crippen LogP contribution >= 0.6 is 0 Å². The molecule has 0 aromatic heterocycles. The fourth-order valence-electron chi connectivity index (χ4n) is 4.63. The van der Waals surface area contributed by atoms with Gasteiger partial charge in [-0.3, -0.25) is 0 Å². The van der Waals surface area contributed by atoms with Crippen molar-refractivity contribution in [3.63, 3.8) is 0 Å². The van der Waals surface area contributed by atoms with E-state index in [1.807, 2.05) is 5.57 Å². The van der Waals surface area contributed by atoms with Gasteiger partial charge in [-0.25, -0.2) is 0 Å². The monoisotopic (exact) mass is 204 g/mol. The van der Waals surface area contributed by atoms with E-state index < -0.39 is 0 Å². The third kappa shape index (κ3) is 1.14. The fraction of sp³-hybridized carbons (Fsp3) is 0.867. The van der Waals surface area contributed by atoms with E-state index in [-0.39, 0.29) is 0 Å². The molecule has 15 heavy (non-hydrogen) atoms. The molecule has 3 fully saturated rings. The highest BCUT2D eigenvalue weighted by atomic mass is 14.6. The van der Waals surface area contributed by atoms with Crippen molar-refractivity contribution in [2.45, 2.75) is 65.7 Å². The molecule has 0 unspecified atom stereocenters. The highest BCUT2D eigenvalue weighted by molar-refractivity contribution is 5.29. The molecule has 0 N–H and O–H groups in total. The number of hydrogen-bond donors (Lipinski definition) is 0. The van der Waals surface area contributed by atoms with Gasteiger partial charge in [-0.1, -0.05) is 32.4 Å². The topological polar surface area (TPSA) is 0 Å². The lowest BCUT2D eigenvalue weighted by molar-refractivity contribution is -0.0379. The Balaban J connectivity index is 2.07. The van der Waals surface area contributed by atoms with E-state index in [1.165, 1.54) is 44.9 Å². The maximum absolute atomic E-state index is 2.60. The molecule has 0 heteroatoms. The van der Waals surface area contributed by atoms with Crippen molar-refractivity contribution in [1.29, 1.82) is 0 Å². The molecule has 1 spiro atoms. The van der Waals surface area contributed by atoms with Gasteiger partial charge in [0, 0.05) is 0 Å². The minimum atomic E-state index is 0.568. The molecule has 4 aliphatic carbocycles. The largest absolute Gasteiger partial charge is 0.0847 e. The smallest absolute Gasteiger partial charge is 0.00363 e. The summed E-state index contributed by atoms with van der Waals surface area (Å²) in [4.78, 5) is 0. The summed E-state index contributed by atoms with van der Waals surface area (Å²) in [6, 6.07) is 0. The Kier molecular flexibility index (Phi) is 1.79. The maximum Gasteiger partial charge on any atom is -0.00363 e. The summed E-state index contributed by atoms with van der Waals surface area (Å²) in [7, 11) is 0. The van der Waals surface area contributed by atoms with Gasteiger partial charge in [0.15, 0.2) is 0 Å². The number of allylic oxidation sites excluding steroid dienone is 2. The zero-order valence-electron chi connectivity index (χ0n) is 10.5. The van der Waals surface area contributed by atoms with E-state index in [1.54, 1.807) is 0 Å². The molecule has 0 saturated heterocycles. The van der Waals surface area contributed by atoms with Crippen LogP contribution in [0.3, 0.4) is 0 Å². The Morgan fingerprint density at radius 3 is 2.27 bits per heavy atom. The molecule has 0 aromatic carbocycles. The molecule has 0 nitrogen and oxygen atoms in total. The van der Waals surface area contributed by atoms with Gasteiger partial charge in [-0.15, -0.1) is 0 Å². The molecule has 3 saturated carbocycles. The minimum Gasteiger partial charge on any atom is -0.0847 e. The van der Waals surface area contributed by atoms with Crippen molar-refractivity contribution in [2.24, 2.45) is 16.2 Å². The van der Waals surface area contributed by atoms with Crippen LogP contribution in [0.4, 0.5) is 0 Å². The Labute approximate surface area is 94.1 Å². The van der Waals surface area contributed by atoms with E-state index in [0.29, 0.717) is 16.2 Å². The second kappa shape index (κ2) is 2.70. The van der Waals surface area contributed by atoms with Crippen molar-refractivity contribution >= 4 is 0 Å². The van der Waals surface area contributed by atoms with Crippen LogP contribution in [0, 0.1) is 16.2 Å². The first-order valence-corrected chi connectivity index (χ1v) is 6.67. The second-order valence-electron chi connectivity index (χ2n) is 7.22. The SMILES string of the molecule is CC12CCC3(CC1)C(=CCCC3(C)C)C2. The van der Waals surface area contributed by atoms with Gasteiger partial charge in [-0.2, -0.15) is 0 Å². The van der Waals surface area contributed by atoms with Gasteiger partial charge in [0.05, 0.1) is 0 Å². The molecule has 0 aliphatic heterocycles. The zero-order chi connectivity index (χ0) is 10.7. The molecule has 0 atom stereocenters. The van der Waals surface area contributed by atoms with Crippen molar-refractivity contribution < 1.29 is 0 Å². The second-order valence-corrected chi connectivity index (χ2v) is 7.22. The summed E-state index contributed by atoms with van der Waals surface area (Å²) < 4.78 is 0. The first-order chi connectivity index (χ1) is 6.98. The van der Waals surface area contributed by atoms with Crippen LogP contribution in [-0.2, 0) is 0 Å². The normalized spacial score (nSPS) is 47.3. The maximum atomic E-state index is 2.60. The lowest BCUT2D eigenvalue weighted by Gasteiger charge is -2.62. The minimum absolute atomic E-state index is 0.568. The van der Waals surface area contributed by atoms with Gasteiger partial charge in [-0.05, 0) is 61.2 Å². The summed E-state index contributed by atoms with van der Waals surface area (Å²) in [5.41, 5.74) is 3.70. The average molecular weight is 204 g/mol. The van der Waals surface area contributed by atoms with Crippen LogP contribution in [0.15, 0.2) is 11.6 Å². The molecule has 84 valence electrons. The van der Waals surface area contributed by atoms with Crippen molar-refractivity contribution in [3.8, 4) is 0 Å². The lowest BCUT2D eigenvalue weighted by atomic mass is 9.43. The van der Waals surface area contributed by atoms with Crippen LogP contribution in [0.1, 0.15) is 65.7 Å². The van der Waals surface area contributed by atoms with E-state index in [9.17, 15) is 0 Å². The van der Waals surface area contributed by atoms with Crippen molar-refractivity contribution in [2.75, 3.05) is 0 Å². The Morgan fingerprint density at radius 2 is 1.60 bits per heavy atom. The molecule has 0 radical (unpaired) electrons. The molecular weight excluding hydrogens is 180 g/mol. The first kappa shape index (κ1) is 9.93. The zero-order valence-corrected chi connectivity index (χ0v) is 10.5. The Morgan fingerprint density at radius 1 is 0.933 bits per heavy atom. The molecule has 4 aliphatic rings. The summed E-state index contributed by atoms with van der Waals surface area (Å²) >= 11 is 0. The van der Waals surface area contributed by atoms with Crippen molar-refractivity contribution in [1.82, 2.24) is 0 Å². The third-order valence-electron chi connectivity index (χ3n) is 6.00. The highest BCUT2D eigenvalue weighted by Crippen LogP contribution is 2.68.